The molecule has 1 unspecified atom stereocenters. The largest absolute Gasteiger partial charge is 0.481 e. The number of aliphatic carboxylic acids is 1. The van der Waals surface area contributed by atoms with E-state index in [9.17, 15) is 14.7 Å². The molecular weight excluding hydrogens is 348 g/mol. The van der Waals surface area contributed by atoms with Gasteiger partial charge in [0.05, 0.1) is 17.5 Å². The number of carboxylic acids is 1. The van der Waals surface area contributed by atoms with Crippen LogP contribution in [0.3, 0.4) is 0 Å². The number of nitrogens with one attached hydrogen (secondary N) is 1. The van der Waals surface area contributed by atoms with Crippen molar-refractivity contribution in [3.05, 3.63) is 21.9 Å². The highest BCUT2D eigenvalue weighted by atomic mass is 79.9. The second-order valence-corrected chi connectivity index (χ2v) is 6.38. The number of hydrogen-bond donors (Lipinski definition) is 2. The molecule has 1 saturated carbocycles. The van der Waals surface area contributed by atoms with E-state index in [2.05, 4.69) is 26.2 Å². The van der Waals surface area contributed by atoms with Crippen molar-refractivity contribution in [2.75, 3.05) is 5.32 Å². The predicted octanol–water partition coefficient (Wildman–Crippen LogP) is 3.18. The molecule has 1 heterocycles. The average Bonchev–Trinajstić information content (AvgIpc) is 2.76. The summed E-state index contributed by atoms with van der Waals surface area (Å²) in [5.74, 6) is -2.18. The number of aromatic nitrogens is 1. The Morgan fingerprint density at radius 3 is 2.75 bits per heavy atom. The Morgan fingerprint density at radius 1 is 1.45 bits per heavy atom. The monoisotopic (exact) mass is 360 g/mol. The van der Waals surface area contributed by atoms with Crippen LogP contribution in [0.1, 0.15) is 19.8 Å². The van der Waals surface area contributed by atoms with Crippen molar-refractivity contribution in [3.8, 4) is 0 Å². The molecule has 1 aromatic rings. The number of carboxylic acid groups (broad SMARTS) is 1. The molecular formula is C13H14BrClN2O3. The molecule has 0 saturated heterocycles. The number of carbonyl (C=O) groups excluding carboxylic acids is 1. The van der Waals surface area contributed by atoms with Gasteiger partial charge in [-0.25, -0.2) is 4.98 Å². The van der Waals surface area contributed by atoms with Crippen molar-refractivity contribution in [1.82, 2.24) is 4.98 Å². The highest BCUT2D eigenvalue weighted by Gasteiger charge is 2.41. The van der Waals surface area contributed by atoms with Crippen LogP contribution in [-0.2, 0) is 9.59 Å². The van der Waals surface area contributed by atoms with E-state index >= 15 is 0 Å². The van der Waals surface area contributed by atoms with Gasteiger partial charge < -0.3 is 10.4 Å². The molecule has 2 N–H and O–H groups in total. The lowest BCUT2D eigenvalue weighted by Gasteiger charge is -2.16. The third-order valence-electron chi connectivity index (χ3n) is 3.52. The molecule has 5 nitrogen and oxygen atoms in total. The van der Waals surface area contributed by atoms with Crippen LogP contribution in [0.25, 0.3) is 0 Å². The fourth-order valence-corrected chi connectivity index (χ4v) is 3.07. The molecule has 1 aliphatic carbocycles. The molecule has 3 atom stereocenters. The van der Waals surface area contributed by atoms with Gasteiger partial charge in [-0.2, -0.15) is 0 Å². The normalized spacial score (nSPS) is 25.4. The van der Waals surface area contributed by atoms with E-state index in [-0.39, 0.29) is 17.0 Å². The number of amides is 1. The summed E-state index contributed by atoms with van der Waals surface area (Å²) in [5, 5.41) is 12.0. The summed E-state index contributed by atoms with van der Waals surface area (Å²) in [7, 11) is 0. The third kappa shape index (κ3) is 3.30. The average molecular weight is 362 g/mol. The first-order valence-corrected chi connectivity index (χ1v) is 7.40. The van der Waals surface area contributed by atoms with Crippen molar-refractivity contribution in [2.45, 2.75) is 19.8 Å². The smallest absolute Gasteiger partial charge is 0.307 e. The molecule has 1 aromatic heterocycles. The number of carbonyl (C=O) groups is 2. The summed E-state index contributed by atoms with van der Waals surface area (Å²) in [4.78, 5) is 27.4. The van der Waals surface area contributed by atoms with Crippen molar-refractivity contribution in [2.24, 2.45) is 17.8 Å². The minimum Gasteiger partial charge on any atom is -0.481 e. The maximum atomic E-state index is 12.3. The number of hydrogen-bond acceptors (Lipinski definition) is 3. The summed E-state index contributed by atoms with van der Waals surface area (Å²) < 4.78 is 0.687. The lowest BCUT2D eigenvalue weighted by Crippen LogP contribution is -2.30. The van der Waals surface area contributed by atoms with Gasteiger partial charge in [-0.15, -0.1) is 0 Å². The molecule has 0 radical (unpaired) electrons. The van der Waals surface area contributed by atoms with Crippen LogP contribution in [0.4, 0.5) is 5.69 Å². The van der Waals surface area contributed by atoms with Crippen LogP contribution < -0.4 is 5.32 Å². The summed E-state index contributed by atoms with van der Waals surface area (Å²) in [6.45, 7) is 1.96. The van der Waals surface area contributed by atoms with Crippen molar-refractivity contribution >= 4 is 45.1 Å². The van der Waals surface area contributed by atoms with E-state index in [4.69, 9.17) is 11.6 Å². The molecule has 108 valence electrons. The maximum Gasteiger partial charge on any atom is 0.307 e. The lowest BCUT2D eigenvalue weighted by molar-refractivity contribution is -0.145. The Balaban J connectivity index is 2.15. The Labute approximate surface area is 129 Å². The zero-order valence-corrected chi connectivity index (χ0v) is 13.1. The van der Waals surface area contributed by atoms with Crippen LogP contribution in [0.5, 0.6) is 0 Å². The summed E-state index contributed by atoms with van der Waals surface area (Å²) in [6, 6.07) is 1.64. The van der Waals surface area contributed by atoms with Gasteiger partial charge >= 0.3 is 5.97 Å². The molecule has 20 heavy (non-hydrogen) atoms. The SMILES string of the molecule is CC1C[C@H](C(=O)Nc2cc(Br)cnc2Cl)[C@H](C(=O)O)C1. The summed E-state index contributed by atoms with van der Waals surface area (Å²) in [6.07, 6.45) is 2.62. The van der Waals surface area contributed by atoms with Gasteiger partial charge in [-0.05, 0) is 40.8 Å². The summed E-state index contributed by atoms with van der Waals surface area (Å²) in [5.41, 5.74) is 0.384. The van der Waals surface area contributed by atoms with Crippen LogP contribution in [0.15, 0.2) is 16.7 Å². The van der Waals surface area contributed by atoms with Crippen molar-refractivity contribution in [3.63, 3.8) is 0 Å². The number of pyridine rings is 1. The maximum absolute atomic E-state index is 12.3. The van der Waals surface area contributed by atoms with Crippen LogP contribution in [0, 0.1) is 17.8 Å². The molecule has 0 aliphatic heterocycles. The summed E-state index contributed by atoms with van der Waals surface area (Å²) >= 11 is 9.16. The second kappa shape index (κ2) is 6.10. The fraction of sp³-hybridized carbons (Fsp3) is 0.462. The van der Waals surface area contributed by atoms with Crippen molar-refractivity contribution in [1.29, 1.82) is 0 Å². The van der Waals surface area contributed by atoms with E-state index in [0.29, 0.717) is 23.0 Å². The molecule has 1 aliphatic rings. The zero-order chi connectivity index (χ0) is 14.9. The minimum atomic E-state index is -0.923. The number of halogens is 2. The Morgan fingerprint density at radius 2 is 2.10 bits per heavy atom. The first kappa shape index (κ1) is 15.3. The Bertz CT molecular complexity index is 552. The first-order chi connectivity index (χ1) is 9.38. The Kier molecular flexibility index (Phi) is 4.65. The highest BCUT2D eigenvalue weighted by molar-refractivity contribution is 9.10. The molecule has 1 amide bonds. The predicted molar refractivity (Wildman–Crippen MR) is 78.6 cm³/mol. The van der Waals surface area contributed by atoms with E-state index in [1.165, 1.54) is 6.20 Å². The standard InChI is InChI=1S/C13H14BrClN2O3/c1-6-2-8(9(3-6)13(19)20)12(18)17-10-4-7(14)5-16-11(10)15/h4-6,8-9H,2-3H2,1H3,(H,17,18)(H,19,20)/t6?,8-,9+/m0/s1. The first-order valence-electron chi connectivity index (χ1n) is 6.23. The van der Waals surface area contributed by atoms with Gasteiger partial charge in [0.25, 0.3) is 0 Å². The number of rotatable bonds is 3. The highest BCUT2D eigenvalue weighted by Crippen LogP contribution is 2.37. The van der Waals surface area contributed by atoms with E-state index < -0.39 is 17.8 Å². The second-order valence-electron chi connectivity index (χ2n) is 5.11. The van der Waals surface area contributed by atoms with Gasteiger partial charge in [0.1, 0.15) is 0 Å². The Hall–Kier alpha value is -1.14. The molecule has 1 fully saturated rings. The molecule has 0 bridgehead atoms. The lowest BCUT2D eigenvalue weighted by atomic mass is 9.95. The van der Waals surface area contributed by atoms with Crippen LogP contribution >= 0.6 is 27.5 Å². The quantitative estimate of drug-likeness (QED) is 0.810. The minimum absolute atomic E-state index is 0.180. The number of nitrogens with zero attached hydrogens (tertiary/aromatic N) is 1. The molecule has 2 rings (SSSR count). The van der Waals surface area contributed by atoms with Crippen LogP contribution in [-0.4, -0.2) is 22.0 Å². The van der Waals surface area contributed by atoms with Gasteiger partial charge in [0, 0.05) is 10.7 Å². The van der Waals surface area contributed by atoms with Gasteiger partial charge in [-0.3, -0.25) is 9.59 Å². The van der Waals surface area contributed by atoms with Gasteiger partial charge in [-0.1, -0.05) is 18.5 Å². The third-order valence-corrected chi connectivity index (χ3v) is 4.25. The van der Waals surface area contributed by atoms with Gasteiger partial charge in [0.15, 0.2) is 5.15 Å². The van der Waals surface area contributed by atoms with E-state index in [0.717, 1.165) is 0 Å². The zero-order valence-electron chi connectivity index (χ0n) is 10.8. The van der Waals surface area contributed by atoms with E-state index in [1.807, 2.05) is 6.92 Å². The molecule has 7 heteroatoms. The number of anilines is 1. The van der Waals surface area contributed by atoms with Gasteiger partial charge in [0.2, 0.25) is 5.91 Å². The van der Waals surface area contributed by atoms with E-state index in [1.54, 1.807) is 6.07 Å². The topological polar surface area (TPSA) is 79.3 Å². The fourth-order valence-electron chi connectivity index (χ4n) is 2.59. The molecule has 0 spiro atoms. The molecule has 0 aromatic carbocycles. The van der Waals surface area contributed by atoms with Crippen LogP contribution in [0.2, 0.25) is 5.15 Å². The van der Waals surface area contributed by atoms with Crippen molar-refractivity contribution < 1.29 is 14.7 Å².